The molecule has 0 aliphatic rings. The fourth-order valence-electron chi connectivity index (χ4n) is 2.13. The Labute approximate surface area is 138 Å². The van der Waals surface area contributed by atoms with Crippen molar-refractivity contribution < 1.29 is 14.6 Å². The van der Waals surface area contributed by atoms with Gasteiger partial charge in [-0.15, -0.1) is 10.2 Å². The topological polar surface area (TPSA) is 98.2 Å². The van der Waals surface area contributed by atoms with E-state index in [0.717, 1.165) is 7.11 Å². The molecule has 24 heavy (non-hydrogen) atoms. The van der Waals surface area contributed by atoms with Gasteiger partial charge in [0.25, 0.3) is 5.56 Å². The van der Waals surface area contributed by atoms with Crippen molar-refractivity contribution in [2.75, 3.05) is 7.11 Å². The number of azo groups is 1. The highest BCUT2D eigenvalue weighted by molar-refractivity contribution is 5.88. The fourth-order valence-corrected chi connectivity index (χ4v) is 2.13. The normalized spacial score (nSPS) is 12.3. The van der Waals surface area contributed by atoms with E-state index in [1.165, 1.54) is 11.6 Å². The zero-order valence-corrected chi connectivity index (χ0v) is 13.8. The first-order valence-electron chi connectivity index (χ1n) is 7.12. The first-order valence-corrected chi connectivity index (χ1v) is 7.12. The Morgan fingerprint density at radius 1 is 1.25 bits per heavy atom. The number of methoxy groups -OCH3 is 1. The van der Waals surface area contributed by atoms with Crippen molar-refractivity contribution in [1.82, 2.24) is 9.36 Å². The number of benzene rings is 1. The summed E-state index contributed by atoms with van der Waals surface area (Å²) >= 11 is 0. The van der Waals surface area contributed by atoms with E-state index >= 15 is 0 Å². The molecule has 0 saturated carbocycles. The lowest BCUT2D eigenvalue weighted by Gasteiger charge is -2.07. The van der Waals surface area contributed by atoms with Gasteiger partial charge in [-0.1, -0.05) is 18.2 Å². The van der Waals surface area contributed by atoms with E-state index in [1.807, 2.05) is 18.2 Å². The molecule has 1 aromatic heterocycles. The minimum atomic E-state index is -0.837. The zero-order chi connectivity index (χ0) is 17.9. The second-order valence-corrected chi connectivity index (χ2v) is 5.04. The molecule has 2 aromatic rings. The van der Waals surface area contributed by atoms with Gasteiger partial charge in [-0.05, 0) is 26.0 Å². The molecule has 0 unspecified atom stereocenters. The van der Waals surface area contributed by atoms with Gasteiger partial charge < -0.3 is 9.84 Å². The SMILES string of the molecule is COC(=O)C(N=Nc1c(C)n(C)n(-c2ccccc2)c1=O)=C(C)O. The summed E-state index contributed by atoms with van der Waals surface area (Å²) in [6.07, 6.45) is 0. The Kier molecular flexibility index (Phi) is 4.98. The lowest BCUT2D eigenvalue weighted by atomic mass is 10.3. The molecule has 0 aliphatic carbocycles. The third kappa shape index (κ3) is 3.12. The molecule has 0 saturated heterocycles. The number of aromatic nitrogens is 2. The third-order valence-corrected chi connectivity index (χ3v) is 3.50. The van der Waals surface area contributed by atoms with Gasteiger partial charge in [0.15, 0.2) is 5.69 Å². The Bertz CT molecular complexity index is 871. The molecule has 0 bridgehead atoms. The van der Waals surface area contributed by atoms with Crippen LogP contribution >= 0.6 is 0 Å². The highest BCUT2D eigenvalue weighted by Crippen LogP contribution is 2.18. The van der Waals surface area contributed by atoms with Crippen molar-refractivity contribution in [2.24, 2.45) is 17.3 Å². The Hall–Kier alpha value is -3.16. The molecule has 8 nitrogen and oxygen atoms in total. The maximum atomic E-state index is 12.6. The van der Waals surface area contributed by atoms with Crippen molar-refractivity contribution in [2.45, 2.75) is 13.8 Å². The van der Waals surface area contributed by atoms with Crippen LogP contribution in [-0.4, -0.2) is 27.5 Å². The molecule has 1 N–H and O–H groups in total. The molecular formula is C16H18N4O4. The molecule has 0 fully saturated rings. The van der Waals surface area contributed by atoms with Crippen LogP contribution in [0.2, 0.25) is 0 Å². The summed E-state index contributed by atoms with van der Waals surface area (Å²) in [7, 11) is 2.88. The van der Waals surface area contributed by atoms with Gasteiger partial charge in [-0.2, -0.15) is 0 Å². The molecule has 0 spiro atoms. The van der Waals surface area contributed by atoms with E-state index in [4.69, 9.17) is 0 Å². The fraction of sp³-hybridized carbons (Fsp3) is 0.250. The van der Waals surface area contributed by atoms with E-state index in [0.29, 0.717) is 11.4 Å². The monoisotopic (exact) mass is 330 g/mol. The van der Waals surface area contributed by atoms with Crippen LogP contribution in [0.25, 0.3) is 5.69 Å². The summed E-state index contributed by atoms with van der Waals surface area (Å²) in [5.41, 5.74) is 0.573. The van der Waals surface area contributed by atoms with Crippen molar-refractivity contribution >= 4 is 11.7 Å². The predicted molar refractivity (Wildman–Crippen MR) is 87.6 cm³/mol. The molecule has 0 aliphatic heterocycles. The van der Waals surface area contributed by atoms with E-state index < -0.39 is 5.97 Å². The summed E-state index contributed by atoms with van der Waals surface area (Å²) in [6.45, 7) is 2.99. The van der Waals surface area contributed by atoms with E-state index in [1.54, 1.807) is 30.8 Å². The van der Waals surface area contributed by atoms with Crippen LogP contribution in [0, 0.1) is 6.92 Å². The molecule has 126 valence electrons. The van der Waals surface area contributed by atoms with Crippen molar-refractivity contribution in [3.63, 3.8) is 0 Å². The molecule has 0 radical (unpaired) electrons. The maximum Gasteiger partial charge on any atom is 0.362 e. The lowest BCUT2D eigenvalue weighted by molar-refractivity contribution is -0.136. The molecule has 8 heteroatoms. The molecule has 1 heterocycles. The largest absolute Gasteiger partial charge is 0.510 e. The number of aliphatic hydroxyl groups is 1. The van der Waals surface area contributed by atoms with Crippen molar-refractivity contribution in [3.05, 3.63) is 57.8 Å². The minimum absolute atomic E-state index is 0.0732. The van der Waals surface area contributed by atoms with Gasteiger partial charge in [0, 0.05) is 7.05 Å². The molecule has 1 aromatic carbocycles. The average molecular weight is 330 g/mol. The number of para-hydroxylation sites is 1. The van der Waals surface area contributed by atoms with Crippen molar-refractivity contribution in [3.8, 4) is 5.69 Å². The van der Waals surface area contributed by atoms with Crippen LogP contribution in [0.15, 0.2) is 56.8 Å². The number of aliphatic hydroxyl groups excluding tert-OH is 1. The van der Waals surface area contributed by atoms with Crippen LogP contribution in [0.4, 0.5) is 5.69 Å². The van der Waals surface area contributed by atoms with E-state index in [9.17, 15) is 14.7 Å². The third-order valence-electron chi connectivity index (χ3n) is 3.50. The van der Waals surface area contributed by atoms with E-state index in [2.05, 4.69) is 15.0 Å². The lowest BCUT2D eigenvalue weighted by Crippen LogP contribution is -2.19. The van der Waals surface area contributed by atoms with Crippen LogP contribution in [0.1, 0.15) is 12.6 Å². The summed E-state index contributed by atoms with van der Waals surface area (Å²) in [6, 6.07) is 9.07. The highest BCUT2D eigenvalue weighted by Gasteiger charge is 2.18. The number of hydrogen-bond donors (Lipinski definition) is 1. The number of nitrogens with zero attached hydrogens (tertiary/aromatic N) is 4. The van der Waals surface area contributed by atoms with Gasteiger partial charge >= 0.3 is 5.97 Å². The number of hydrogen-bond acceptors (Lipinski definition) is 6. The number of allylic oxidation sites excluding steroid dienone is 1. The van der Waals surface area contributed by atoms with Gasteiger partial charge in [-0.3, -0.25) is 9.48 Å². The molecule has 0 atom stereocenters. The number of carbonyl (C=O) groups excluding carboxylic acids is 1. The smallest absolute Gasteiger partial charge is 0.362 e. The number of ether oxygens (including phenoxy) is 1. The first-order chi connectivity index (χ1) is 11.4. The van der Waals surface area contributed by atoms with Crippen LogP contribution < -0.4 is 5.56 Å². The van der Waals surface area contributed by atoms with Gasteiger partial charge in [0.1, 0.15) is 5.76 Å². The quantitative estimate of drug-likeness (QED) is 0.403. The van der Waals surface area contributed by atoms with Gasteiger partial charge in [0.05, 0.1) is 18.5 Å². The first kappa shape index (κ1) is 17.2. The summed E-state index contributed by atoms with van der Waals surface area (Å²) in [5, 5.41) is 17.0. The average Bonchev–Trinajstić information content (AvgIpc) is 2.78. The van der Waals surface area contributed by atoms with Gasteiger partial charge in [0.2, 0.25) is 5.70 Å². The number of rotatable bonds is 4. The highest BCUT2D eigenvalue weighted by atomic mass is 16.5. The standard InChI is InChI=1S/C16H18N4O4/c1-10-13(17-18-14(11(2)21)16(23)24-4)15(22)20(19(10)3)12-8-6-5-7-9-12/h5-9,21H,1-4H3. The van der Waals surface area contributed by atoms with Crippen LogP contribution in [-0.2, 0) is 16.6 Å². The number of carbonyl (C=O) groups is 1. The minimum Gasteiger partial charge on any atom is -0.510 e. The summed E-state index contributed by atoms with van der Waals surface area (Å²) in [5.74, 6) is -1.18. The second-order valence-electron chi connectivity index (χ2n) is 5.04. The summed E-state index contributed by atoms with van der Waals surface area (Å²) in [4.78, 5) is 24.2. The van der Waals surface area contributed by atoms with Crippen LogP contribution in [0.5, 0.6) is 0 Å². The Morgan fingerprint density at radius 3 is 2.42 bits per heavy atom. The molecular weight excluding hydrogens is 312 g/mol. The maximum absolute atomic E-state index is 12.6. The molecule has 2 rings (SSSR count). The van der Waals surface area contributed by atoms with Gasteiger partial charge in [-0.25, -0.2) is 9.48 Å². The van der Waals surface area contributed by atoms with Crippen molar-refractivity contribution in [1.29, 1.82) is 0 Å². The number of esters is 1. The molecule has 0 amide bonds. The van der Waals surface area contributed by atoms with E-state index in [-0.39, 0.29) is 22.7 Å². The van der Waals surface area contributed by atoms with Crippen LogP contribution in [0.3, 0.4) is 0 Å². The predicted octanol–water partition coefficient (Wildman–Crippen LogP) is 2.53. The zero-order valence-electron chi connectivity index (χ0n) is 13.8. The summed E-state index contributed by atoms with van der Waals surface area (Å²) < 4.78 is 7.60. The Balaban J connectivity index is 2.54. The Morgan fingerprint density at radius 2 is 1.88 bits per heavy atom. The second kappa shape index (κ2) is 6.95.